The third kappa shape index (κ3) is 8.07. The molecule has 47 heavy (non-hydrogen) atoms. The van der Waals surface area contributed by atoms with E-state index in [4.69, 9.17) is 16.3 Å². The van der Waals surface area contributed by atoms with Crippen LogP contribution in [0.1, 0.15) is 48.5 Å². The van der Waals surface area contributed by atoms with Crippen molar-refractivity contribution in [3.05, 3.63) is 94.1 Å². The molecule has 9 nitrogen and oxygen atoms in total. The summed E-state index contributed by atoms with van der Waals surface area (Å²) in [5, 5.41) is 7.93. The molecule has 5 aromatic rings. The molecule has 0 aliphatic carbocycles. The third-order valence-electron chi connectivity index (χ3n) is 7.12. The second-order valence-corrected chi connectivity index (χ2v) is 13.8. The van der Waals surface area contributed by atoms with Crippen LogP contribution < -0.4 is 19.1 Å². The van der Waals surface area contributed by atoms with E-state index in [0.717, 1.165) is 4.70 Å². The standard InChI is InChI=1S/C32H30ClF3N4O5S2/c1-18(2)44-26-12-21(13-27(15-26)45-32(34,35)36)31(3,4)20-10-22(33)14-23(11-20)38-30(41)29-9-19-8-24(6-7-28(19)46-29)40(47(42)43)25-16-37-39(5)17-25/h6-18H,1-5H3,(H,38,41)(H,42,43). The van der Waals surface area contributed by atoms with Crippen LogP contribution in [0.15, 0.2) is 73.1 Å². The van der Waals surface area contributed by atoms with Crippen LogP contribution >= 0.6 is 22.9 Å². The number of anilines is 3. The van der Waals surface area contributed by atoms with Crippen LogP contribution in [-0.2, 0) is 23.7 Å². The van der Waals surface area contributed by atoms with Crippen molar-refractivity contribution >= 4 is 67.3 Å². The van der Waals surface area contributed by atoms with Crippen molar-refractivity contribution in [3.63, 3.8) is 0 Å². The Labute approximate surface area is 280 Å². The number of amides is 1. The molecule has 0 saturated heterocycles. The number of benzene rings is 3. The van der Waals surface area contributed by atoms with E-state index in [1.54, 1.807) is 75.6 Å². The van der Waals surface area contributed by atoms with Crippen LogP contribution in [0, 0.1) is 0 Å². The molecule has 1 unspecified atom stereocenters. The first kappa shape index (κ1) is 34.2. The van der Waals surface area contributed by atoms with Crippen molar-refractivity contribution in [1.82, 2.24) is 9.78 Å². The summed E-state index contributed by atoms with van der Waals surface area (Å²) in [5.41, 5.74) is 1.43. The zero-order chi connectivity index (χ0) is 34.3. The van der Waals surface area contributed by atoms with Crippen LogP contribution in [0.5, 0.6) is 11.5 Å². The number of aryl methyl sites for hydroxylation is 1. The number of thiophene rings is 1. The molecule has 2 heterocycles. The Bertz CT molecular complexity index is 1980. The lowest BCUT2D eigenvalue weighted by Gasteiger charge is -2.28. The van der Waals surface area contributed by atoms with E-state index >= 15 is 0 Å². The van der Waals surface area contributed by atoms with E-state index < -0.39 is 34.7 Å². The highest BCUT2D eigenvalue weighted by Gasteiger charge is 2.33. The smallest absolute Gasteiger partial charge is 0.491 e. The van der Waals surface area contributed by atoms with Crippen LogP contribution in [0.25, 0.3) is 10.1 Å². The van der Waals surface area contributed by atoms with E-state index in [1.165, 1.54) is 38.7 Å². The van der Waals surface area contributed by atoms with Gasteiger partial charge in [0.2, 0.25) is 0 Å². The molecule has 0 radical (unpaired) electrons. The Hall–Kier alpha value is -4.11. The Morgan fingerprint density at radius 2 is 1.74 bits per heavy atom. The monoisotopic (exact) mass is 706 g/mol. The first-order valence-electron chi connectivity index (χ1n) is 14.1. The molecular weight excluding hydrogens is 677 g/mol. The summed E-state index contributed by atoms with van der Waals surface area (Å²) in [6, 6.07) is 15.9. The van der Waals surface area contributed by atoms with Crippen molar-refractivity contribution in [2.45, 2.75) is 45.6 Å². The summed E-state index contributed by atoms with van der Waals surface area (Å²) in [6.45, 7) is 7.15. The number of aromatic nitrogens is 2. The van der Waals surface area contributed by atoms with Crippen molar-refractivity contribution in [3.8, 4) is 11.5 Å². The minimum Gasteiger partial charge on any atom is -0.491 e. The number of hydrogen-bond acceptors (Lipinski definition) is 6. The highest BCUT2D eigenvalue weighted by Crippen LogP contribution is 2.40. The fraction of sp³-hybridized carbons (Fsp3) is 0.250. The van der Waals surface area contributed by atoms with Gasteiger partial charge >= 0.3 is 6.36 Å². The van der Waals surface area contributed by atoms with Gasteiger partial charge in [-0.15, -0.1) is 24.5 Å². The van der Waals surface area contributed by atoms with Gasteiger partial charge in [0.15, 0.2) is 0 Å². The summed E-state index contributed by atoms with van der Waals surface area (Å²) in [6.07, 6.45) is -2.11. The summed E-state index contributed by atoms with van der Waals surface area (Å²) >= 11 is 5.34. The minimum absolute atomic E-state index is 0.210. The number of carbonyl (C=O) groups is 1. The lowest BCUT2D eigenvalue weighted by Crippen LogP contribution is -2.22. The van der Waals surface area contributed by atoms with Gasteiger partial charge in [-0.25, -0.2) is 8.51 Å². The molecule has 2 aromatic heterocycles. The maximum absolute atomic E-state index is 13.4. The first-order chi connectivity index (χ1) is 22.0. The number of rotatable bonds is 10. The predicted octanol–water partition coefficient (Wildman–Crippen LogP) is 8.83. The number of alkyl halides is 3. The van der Waals surface area contributed by atoms with E-state index in [2.05, 4.69) is 15.2 Å². The Balaban J connectivity index is 1.43. The fourth-order valence-electron chi connectivity index (χ4n) is 4.96. The summed E-state index contributed by atoms with van der Waals surface area (Å²) in [5.74, 6) is -0.625. The van der Waals surface area contributed by atoms with Gasteiger partial charge in [0.05, 0.1) is 28.6 Å². The van der Waals surface area contributed by atoms with E-state index in [-0.39, 0.29) is 11.9 Å². The second-order valence-electron chi connectivity index (χ2n) is 11.4. The number of fused-ring (bicyclic) bond motifs is 1. The van der Waals surface area contributed by atoms with E-state index in [9.17, 15) is 26.7 Å². The molecule has 1 atom stereocenters. The van der Waals surface area contributed by atoms with Gasteiger partial charge in [-0.1, -0.05) is 25.4 Å². The molecule has 3 aromatic carbocycles. The van der Waals surface area contributed by atoms with Gasteiger partial charge in [0.25, 0.3) is 17.2 Å². The predicted molar refractivity (Wildman–Crippen MR) is 178 cm³/mol. The Morgan fingerprint density at radius 3 is 2.38 bits per heavy atom. The van der Waals surface area contributed by atoms with Gasteiger partial charge < -0.3 is 14.8 Å². The van der Waals surface area contributed by atoms with E-state index in [0.29, 0.717) is 43.5 Å². The highest BCUT2D eigenvalue weighted by atomic mass is 35.5. The molecule has 0 fully saturated rings. The average Bonchev–Trinajstić information content (AvgIpc) is 3.57. The Morgan fingerprint density at radius 1 is 1.04 bits per heavy atom. The van der Waals surface area contributed by atoms with Gasteiger partial charge in [-0.05, 0) is 85.0 Å². The summed E-state index contributed by atoms with van der Waals surface area (Å²) in [7, 11) is 1.70. The molecule has 1 amide bonds. The molecule has 0 aliphatic heterocycles. The first-order valence-corrected chi connectivity index (χ1v) is 16.4. The lowest BCUT2D eigenvalue weighted by molar-refractivity contribution is -0.274. The molecule has 0 spiro atoms. The van der Waals surface area contributed by atoms with Gasteiger partial charge in [0, 0.05) is 40.1 Å². The van der Waals surface area contributed by atoms with Gasteiger partial charge in [-0.3, -0.25) is 14.0 Å². The molecule has 248 valence electrons. The third-order valence-corrected chi connectivity index (χ3v) is 9.19. The number of halogens is 4. The number of nitrogens with zero attached hydrogens (tertiary/aromatic N) is 3. The van der Waals surface area contributed by atoms with Crippen molar-refractivity contribution in [1.29, 1.82) is 0 Å². The van der Waals surface area contributed by atoms with Crippen LogP contribution in [0.4, 0.5) is 30.2 Å². The zero-order valence-electron chi connectivity index (χ0n) is 25.8. The fourth-order valence-corrected chi connectivity index (χ4v) is 6.70. The average molecular weight is 707 g/mol. The topological polar surface area (TPSA) is 106 Å². The van der Waals surface area contributed by atoms with Crippen LogP contribution in [-0.4, -0.2) is 36.9 Å². The molecule has 2 N–H and O–H groups in total. The minimum atomic E-state index is -4.89. The van der Waals surface area contributed by atoms with Crippen molar-refractivity contribution < 1.29 is 36.2 Å². The van der Waals surface area contributed by atoms with Crippen LogP contribution in [0.3, 0.4) is 0 Å². The number of ether oxygens (including phenoxy) is 2. The van der Waals surface area contributed by atoms with Crippen LogP contribution in [0.2, 0.25) is 5.02 Å². The largest absolute Gasteiger partial charge is 0.573 e. The molecule has 0 bridgehead atoms. The summed E-state index contributed by atoms with van der Waals surface area (Å²) < 4.78 is 75.0. The number of carbonyl (C=O) groups excluding carboxylic acids is 1. The number of nitrogens with one attached hydrogen (secondary N) is 1. The molecule has 0 saturated carbocycles. The second kappa shape index (κ2) is 13.2. The lowest BCUT2D eigenvalue weighted by atomic mass is 9.78. The van der Waals surface area contributed by atoms with Gasteiger partial charge in [-0.2, -0.15) is 5.10 Å². The molecular formula is C32H30ClF3N4O5S2. The molecule has 0 aliphatic rings. The zero-order valence-corrected chi connectivity index (χ0v) is 28.1. The highest BCUT2D eigenvalue weighted by molar-refractivity contribution is 7.81. The normalized spacial score (nSPS) is 12.7. The maximum atomic E-state index is 13.4. The maximum Gasteiger partial charge on any atom is 0.573 e. The number of hydrogen-bond donors (Lipinski definition) is 2. The quantitative estimate of drug-likeness (QED) is 0.141. The van der Waals surface area contributed by atoms with Gasteiger partial charge in [0.1, 0.15) is 11.5 Å². The Kier molecular flexibility index (Phi) is 9.60. The summed E-state index contributed by atoms with van der Waals surface area (Å²) in [4.78, 5) is 13.8. The molecule has 15 heteroatoms. The SMILES string of the molecule is CC(C)Oc1cc(OC(F)(F)F)cc(C(C)(C)c2cc(Cl)cc(NC(=O)c3cc4cc(N(c5cnn(C)c5)S(=O)O)ccc4s3)c2)c1. The molecule has 5 rings (SSSR count). The van der Waals surface area contributed by atoms with Crippen molar-refractivity contribution in [2.24, 2.45) is 7.05 Å². The van der Waals surface area contributed by atoms with Crippen molar-refractivity contribution in [2.75, 3.05) is 9.62 Å². The van der Waals surface area contributed by atoms with E-state index in [1.807, 2.05) is 13.8 Å².